The molecule has 134 valence electrons. The van der Waals surface area contributed by atoms with E-state index in [0.29, 0.717) is 18.5 Å². The molecule has 0 fully saturated rings. The summed E-state index contributed by atoms with van der Waals surface area (Å²) < 4.78 is 6.67. The van der Waals surface area contributed by atoms with E-state index in [1.807, 2.05) is 37.3 Å². The van der Waals surface area contributed by atoms with Crippen molar-refractivity contribution >= 4 is 11.9 Å². The molecule has 0 aliphatic heterocycles. The Morgan fingerprint density at radius 2 is 2.04 bits per heavy atom. The second kappa shape index (κ2) is 8.98. The Hall–Kier alpha value is -2.67. The zero-order valence-corrected chi connectivity index (χ0v) is 14.4. The largest absolute Gasteiger partial charge is 0.480 e. The van der Waals surface area contributed by atoms with Crippen LogP contribution in [-0.4, -0.2) is 46.5 Å². The van der Waals surface area contributed by atoms with Crippen LogP contribution in [0.3, 0.4) is 0 Å². The molecule has 7 nitrogen and oxygen atoms in total. The van der Waals surface area contributed by atoms with Crippen LogP contribution in [0.15, 0.2) is 36.5 Å². The van der Waals surface area contributed by atoms with Gasteiger partial charge in [0.2, 0.25) is 0 Å². The summed E-state index contributed by atoms with van der Waals surface area (Å²) in [6.07, 6.45) is 2.31. The Labute approximate surface area is 146 Å². The van der Waals surface area contributed by atoms with Crippen molar-refractivity contribution < 1.29 is 19.4 Å². The van der Waals surface area contributed by atoms with Crippen molar-refractivity contribution in [3.05, 3.63) is 53.3 Å². The number of ether oxygens (including phenoxy) is 1. The van der Waals surface area contributed by atoms with E-state index < -0.39 is 17.9 Å². The number of rotatable bonds is 9. The Morgan fingerprint density at radius 3 is 2.64 bits per heavy atom. The summed E-state index contributed by atoms with van der Waals surface area (Å²) in [5, 5.41) is 16.1. The quantitative estimate of drug-likeness (QED) is 0.722. The number of benzene rings is 1. The lowest BCUT2D eigenvalue weighted by atomic mass is 10.1. The van der Waals surface area contributed by atoms with Crippen LogP contribution < -0.4 is 5.32 Å². The third kappa shape index (κ3) is 4.90. The molecule has 0 saturated carbocycles. The van der Waals surface area contributed by atoms with E-state index in [1.54, 1.807) is 4.68 Å². The fourth-order valence-corrected chi connectivity index (χ4v) is 2.60. The topological polar surface area (TPSA) is 93.4 Å². The SMILES string of the molecule is CCc1c(C(=O)NC(CCOC)C(=O)O)cnn1Cc1ccccc1. The number of methoxy groups -OCH3 is 1. The maximum Gasteiger partial charge on any atom is 0.326 e. The average Bonchev–Trinajstić information content (AvgIpc) is 3.01. The molecule has 2 rings (SSSR count). The highest BCUT2D eigenvalue weighted by Crippen LogP contribution is 2.13. The lowest BCUT2D eigenvalue weighted by molar-refractivity contribution is -0.139. The first-order valence-electron chi connectivity index (χ1n) is 8.18. The molecule has 1 amide bonds. The Balaban J connectivity index is 2.15. The smallest absolute Gasteiger partial charge is 0.326 e. The van der Waals surface area contributed by atoms with E-state index in [9.17, 15) is 14.7 Å². The minimum Gasteiger partial charge on any atom is -0.480 e. The van der Waals surface area contributed by atoms with Crippen LogP contribution in [0.4, 0.5) is 0 Å². The zero-order valence-electron chi connectivity index (χ0n) is 14.4. The summed E-state index contributed by atoms with van der Waals surface area (Å²) >= 11 is 0. The molecule has 7 heteroatoms. The molecule has 0 aliphatic rings. The molecule has 0 bridgehead atoms. The van der Waals surface area contributed by atoms with Gasteiger partial charge in [0.1, 0.15) is 6.04 Å². The lowest BCUT2D eigenvalue weighted by Crippen LogP contribution is -2.41. The molecular formula is C18H23N3O4. The van der Waals surface area contributed by atoms with Gasteiger partial charge >= 0.3 is 5.97 Å². The molecule has 0 saturated heterocycles. The highest BCUT2D eigenvalue weighted by Gasteiger charge is 2.23. The summed E-state index contributed by atoms with van der Waals surface area (Å²) in [6.45, 7) is 2.75. The number of aliphatic carboxylic acids is 1. The van der Waals surface area contributed by atoms with E-state index >= 15 is 0 Å². The Morgan fingerprint density at radius 1 is 1.32 bits per heavy atom. The first-order chi connectivity index (χ1) is 12.1. The number of nitrogens with one attached hydrogen (secondary N) is 1. The van der Waals surface area contributed by atoms with E-state index in [1.165, 1.54) is 13.3 Å². The fraction of sp³-hybridized carbons (Fsp3) is 0.389. The van der Waals surface area contributed by atoms with Crippen LogP contribution in [0.5, 0.6) is 0 Å². The van der Waals surface area contributed by atoms with Gasteiger partial charge in [0.15, 0.2) is 0 Å². The fourth-order valence-electron chi connectivity index (χ4n) is 2.60. The van der Waals surface area contributed by atoms with Crippen molar-refractivity contribution in [2.45, 2.75) is 32.4 Å². The third-order valence-corrected chi connectivity index (χ3v) is 3.92. The molecule has 0 aliphatic carbocycles. The van der Waals surface area contributed by atoms with Crippen molar-refractivity contribution in [1.82, 2.24) is 15.1 Å². The van der Waals surface area contributed by atoms with Crippen molar-refractivity contribution in [1.29, 1.82) is 0 Å². The number of aromatic nitrogens is 2. The molecule has 2 aromatic rings. The second-order valence-corrected chi connectivity index (χ2v) is 5.65. The number of carbonyl (C=O) groups excluding carboxylic acids is 1. The second-order valence-electron chi connectivity index (χ2n) is 5.65. The molecule has 2 N–H and O–H groups in total. The summed E-state index contributed by atoms with van der Waals surface area (Å²) in [6, 6.07) is 8.84. The van der Waals surface area contributed by atoms with Crippen LogP contribution >= 0.6 is 0 Å². The van der Waals surface area contributed by atoms with Crippen LogP contribution in [0.1, 0.15) is 35.0 Å². The van der Waals surface area contributed by atoms with Gasteiger partial charge in [0, 0.05) is 20.1 Å². The number of carboxylic acid groups (broad SMARTS) is 1. The minimum absolute atomic E-state index is 0.206. The van der Waals surface area contributed by atoms with Crippen LogP contribution in [0.2, 0.25) is 0 Å². The zero-order chi connectivity index (χ0) is 18.2. The minimum atomic E-state index is -1.08. The van der Waals surface area contributed by atoms with E-state index in [-0.39, 0.29) is 13.0 Å². The maximum atomic E-state index is 12.5. The molecule has 1 heterocycles. The number of carboxylic acids is 1. The monoisotopic (exact) mass is 345 g/mol. The summed E-state index contributed by atoms with van der Waals surface area (Å²) in [4.78, 5) is 23.8. The molecule has 1 aromatic heterocycles. The predicted octanol–water partition coefficient (Wildman–Crippen LogP) is 1.71. The van der Waals surface area contributed by atoms with Crippen molar-refractivity contribution in [3.63, 3.8) is 0 Å². The summed E-state index contributed by atoms with van der Waals surface area (Å²) in [7, 11) is 1.49. The third-order valence-electron chi connectivity index (χ3n) is 3.92. The molecule has 1 aromatic carbocycles. The van der Waals surface area contributed by atoms with Crippen LogP contribution in [0.25, 0.3) is 0 Å². The molecule has 0 radical (unpaired) electrons. The Kier molecular flexibility index (Phi) is 6.71. The van der Waals surface area contributed by atoms with Crippen LogP contribution in [-0.2, 0) is 22.5 Å². The van der Waals surface area contributed by atoms with E-state index in [2.05, 4.69) is 10.4 Å². The number of hydrogen-bond acceptors (Lipinski definition) is 4. The van der Waals surface area contributed by atoms with Crippen molar-refractivity contribution in [3.8, 4) is 0 Å². The van der Waals surface area contributed by atoms with Gasteiger partial charge in [-0.15, -0.1) is 0 Å². The van der Waals surface area contributed by atoms with Gasteiger partial charge in [-0.2, -0.15) is 5.10 Å². The number of hydrogen-bond donors (Lipinski definition) is 2. The number of amides is 1. The molecule has 1 atom stereocenters. The first kappa shape index (κ1) is 18.7. The van der Waals surface area contributed by atoms with Gasteiger partial charge in [-0.05, 0) is 12.0 Å². The highest BCUT2D eigenvalue weighted by molar-refractivity contribution is 5.97. The van der Waals surface area contributed by atoms with Crippen molar-refractivity contribution in [2.75, 3.05) is 13.7 Å². The van der Waals surface area contributed by atoms with Gasteiger partial charge in [0.05, 0.1) is 24.0 Å². The summed E-state index contributed by atoms with van der Waals surface area (Å²) in [5.41, 5.74) is 2.26. The molecular weight excluding hydrogens is 322 g/mol. The van der Waals surface area contributed by atoms with Crippen molar-refractivity contribution in [2.24, 2.45) is 0 Å². The molecule has 0 spiro atoms. The Bertz CT molecular complexity index is 712. The highest BCUT2D eigenvalue weighted by atomic mass is 16.5. The van der Waals surface area contributed by atoms with Gasteiger partial charge in [-0.1, -0.05) is 37.3 Å². The van der Waals surface area contributed by atoms with E-state index in [4.69, 9.17) is 4.74 Å². The van der Waals surface area contributed by atoms with Gasteiger partial charge in [-0.3, -0.25) is 9.48 Å². The van der Waals surface area contributed by atoms with Gasteiger partial charge in [0.25, 0.3) is 5.91 Å². The number of carbonyl (C=O) groups is 2. The number of nitrogens with zero attached hydrogens (tertiary/aromatic N) is 2. The normalized spacial score (nSPS) is 11.9. The molecule has 25 heavy (non-hydrogen) atoms. The van der Waals surface area contributed by atoms with E-state index in [0.717, 1.165) is 11.3 Å². The standard InChI is InChI=1S/C18H23N3O4/c1-3-16-14(17(22)20-15(18(23)24)9-10-25-2)11-19-21(16)12-13-7-5-4-6-8-13/h4-8,11,15H,3,9-10,12H2,1-2H3,(H,20,22)(H,23,24). The molecule has 1 unspecified atom stereocenters. The predicted molar refractivity (Wildman–Crippen MR) is 92.5 cm³/mol. The van der Waals surface area contributed by atoms with Crippen LogP contribution in [0, 0.1) is 0 Å². The average molecular weight is 345 g/mol. The maximum absolute atomic E-state index is 12.5. The summed E-state index contributed by atoms with van der Waals surface area (Å²) in [5.74, 6) is -1.51. The van der Waals surface area contributed by atoms with Gasteiger partial charge < -0.3 is 15.2 Å². The first-order valence-corrected chi connectivity index (χ1v) is 8.18. The van der Waals surface area contributed by atoms with Gasteiger partial charge in [-0.25, -0.2) is 4.79 Å². The lowest BCUT2D eigenvalue weighted by Gasteiger charge is -2.14.